The Kier molecular flexibility index (Phi) is 5.13. The summed E-state index contributed by atoms with van der Waals surface area (Å²) in [6.45, 7) is 7.37. The molecule has 1 unspecified atom stereocenters. The van der Waals surface area contributed by atoms with Gasteiger partial charge in [-0.15, -0.1) is 0 Å². The van der Waals surface area contributed by atoms with Crippen molar-refractivity contribution in [2.45, 2.75) is 33.6 Å². The standard InChI is InChI=1S/C20H26N4O/c1-14-11-17-7-5-6-8-19(17)24(20(14)25)13-23(4)10-9-18-12-15(2)21-16(3)22-18/h5-8,12,14H,9-11,13H2,1-4H3. The molecule has 25 heavy (non-hydrogen) atoms. The Morgan fingerprint density at radius 2 is 2.00 bits per heavy atom. The van der Waals surface area contributed by atoms with E-state index < -0.39 is 0 Å². The highest BCUT2D eigenvalue weighted by molar-refractivity contribution is 5.97. The molecule has 1 aromatic carbocycles. The number of para-hydroxylation sites is 1. The van der Waals surface area contributed by atoms with Crippen LogP contribution in [-0.4, -0.2) is 41.0 Å². The molecule has 1 aromatic heterocycles. The van der Waals surface area contributed by atoms with Crippen molar-refractivity contribution in [1.82, 2.24) is 14.9 Å². The van der Waals surface area contributed by atoms with Crippen LogP contribution in [-0.2, 0) is 17.6 Å². The Morgan fingerprint density at radius 3 is 2.76 bits per heavy atom. The number of amides is 1. The van der Waals surface area contributed by atoms with Gasteiger partial charge in [0.15, 0.2) is 0 Å². The zero-order chi connectivity index (χ0) is 18.0. The molecule has 2 heterocycles. The van der Waals surface area contributed by atoms with Crippen LogP contribution in [0.5, 0.6) is 0 Å². The smallest absolute Gasteiger partial charge is 0.231 e. The Bertz CT molecular complexity index is 754. The van der Waals surface area contributed by atoms with Crippen LogP contribution in [0.3, 0.4) is 0 Å². The molecular formula is C20H26N4O. The molecule has 0 fully saturated rings. The first-order valence-electron chi connectivity index (χ1n) is 8.83. The average Bonchev–Trinajstić information content (AvgIpc) is 2.56. The lowest BCUT2D eigenvalue weighted by Gasteiger charge is -2.35. The van der Waals surface area contributed by atoms with E-state index in [1.165, 1.54) is 5.56 Å². The van der Waals surface area contributed by atoms with E-state index in [4.69, 9.17) is 0 Å². The highest BCUT2D eigenvalue weighted by Crippen LogP contribution is 2.30. The van der Waals surface area contributed by atoms with Crippen molar-refractivity contribution in [2.24, 2.45) is 5.92 Å². The van der Waals surface area contributed by atoms with Gasteiger partial charge in [-0.2, -0.15) is 0 Å². The fourth-order valence-electron chi connectivity index (χ4n) is 3.43. The van der Waals surface area contributed by atoms with Gasteiger partial charge in [0.1, 0.15) is 5.82 Å². The topological polar surface area (TPSA) is 49.3 Å². The lowest BCUT2D eigenvalue weighted by Crippen LogP contribution is -2.46. The summed E-state index contributed by atoms with van der Waals surface area (Å²) in [4.78, 5) is 25.6. The van der Waals surface area contributed by atoms with Crippen LogP contribution in [0, 0.1) is 19.8 Å². The monoisotopic (exact) mass is 338 g/mol. The third-order valence-corrected chi connectivity index (χ3v) is 4.65. The summed E-state index contributed by atoms with van der Waals surface area (Å²) in [6.07, 6.45) is 1.68. The van der Waals surface area contributed by atoms with Gasteiger partial charge in [-0.1, -0.05) is 25.1 Å². The van der Waals surface area contributed by atoms with Crippen molar-refractivity contribution in [3.63, 3.8) is 0 Å². The van der Waals surface area contributed by atoms with E-state index in [0.717, 1.165) is 42.3 Å². The van der Waals surface area contributed by atoms with Crippen molar-refractivity contribution < 1.29 is 4.79 Å². The predicted octanol–water partition coefficient (Wildman–Crippen LogP) is 2.75. The molecule has 1 amide bonds. The van der Waals surface area contributed by atoms with Gasteiger partial charge in [0.05, 0.1) is 6.67 Å². The van der Waals surface area contributed by atoms with Crippen LogP contribution in [0.4, 0.5) is 5.69 Å². The number of aryl methyl sites for hydroxylation is 2. The van der Waals surface area contributed by atoms with Crippen LogP contribution >= 0.6 is 0 Å². The van der Waals surface area contributed by atoms with Crippen LogP contribution in [0.25, 0.3) is 0 Å². The second-order valence-corrected chi connectivity index (χ2v) is 7.02. The number of rotatable bonds is 5. The van der Waals surface area contributed by atoms with Crippen molar-refractivity contribution in [3.05, 3.63) is 53.1 Å². The molecule has 0 aliphatic carbocycles. The second kappa shape index (κ2) is 7.31. The summed E-state index contributed by atoms with van der Waals surface area (Å²) >= 11 is 0. The number of benzene rings is 1. The number of anilines is 1. The Labute approximate surface area is 149 Å². The second-order valence-electron chi connectivity index (χ2n) is 7.02. The zero-order valence-corrected chi connectivity index (χ0v) is 15.5. The van der Waals surface area contributed by atoms with E-state index >= 15 is 0 Å². The minimum Gasteiger partial charge on any atom is -0.298 e. The first kappa shape index (κ1) is 17.5. The highest BCUT2D eigenvalue weighted by Gasteiger charge is 2.30. The van der Waals surface area contributed by atoms with E-state index in [0.29, 0.717) is 6.67 Å². The van der Waals surface area contributed by atoms with Gasteiger partial charge in [0, 0.05) is 36.0 Å². The molecule has 0 bridgehead atoms. The third kappa shape index (κ3) is 4.04. The van der Waals surface area contributed by atoms with E-state index in [-0.39, 0.29) is 11.8 Å². The Balaban J connectivity index is 1.68. The Morgan fingerprint density at radius 1 is 1.24 bits per heavy atom. The number of carbonyl (C=O) groups excluding carboxylic acids is 1. The van der Waals surface area contributed by atoms with Gasteiger partial charge in [-0.05, 0) is 45.0 Å². The van der Waals surface area contributed by atoms with Crippen LogP contribution in [0.2, 0.25) is 0 Å². The quantitative estimate of drug-likeness (QED) is 0.841. The van der Waals surface area contributed by atoms with Gasteiger partial charge in [-0.3, -0.25) is 14.6 Å². The number of carbonyl (C=O) groups is 1. The van der Waals surface area contributed by atoms with E-state index in [2.05, 4.69) is 28.0 Å². The molecule has 1 aliphatic rings. The largest absolute Gasteiger partial charge is 0.298 e. The minimum atomic E-state index is 0.0375. The number of hydrogen-bond acceptors (Lipinski definition) is 4. The van der Waals surface area contributed by atoms with Crippen LogP contribution in [0.1, 0.15) is 29.7 Å². The minimum absolute atomic E-state index is 0.0375. The fraction of sp³-hybridized carbons (Fsp3) is 0.450. The molecular weight excluding hydrogens is 312 g/mol. The first-order chi connectivity index (χ1) is 11.9. The van der Waals surface area contributed by atoms with Crippen molar-refractivity contribution in [3.8, 4) is 0 Å². The molecule has 0 N–H and O–H groups in total. The highest BCUT2D eigenvalue weighted by atomic mass is 16.2. The summed E-state index contributed by atoms with van der Waals surface area (Å²) < 4.78 is 0. The molecule has 1 aliphatic heterocycles. The van der Waals surface area contributed by atoms with Crippen LogP contribution in [0.15, 0.2) is 30.3 Å². The molecule has 0 saturated heterocycles. The summed E-state index contributed by atoms with van der Waals surface area (Å²) in [5.41, 5.74) is 4.35. The van der Waals surface area contributed by atoms with E-state index in [1.54, 1.807) is 0 Å². The van der Waals surface area contributed by atoms with E-state index in [1.807, 2.05) is 49.9 Å². The van der Waals surface area contributed by atoms with Crippen molar-refractivity contribution in [2.75, 3.05) is 25.2 Å². The summed E-state index contributed by atoms with van der Waals surface area (Å²) in [7, 11) is 2.05. The number of likely N-dealkylation sites (N-methyl/N-ethyl adjacent to an activating group) is 1. The molecule has 132 valence electrons. The van der Waals surface area contributed by atoms with Gasteiger partial charge < -0.3 is 0 Å². The maximum Gasteiger partial charge on any atom is 0.231 e. The molecule has 1 atom stereocenters. The summed E-state index contributed by atoms with van der Waals surface area (Å²) in [5, 5.41) is 0. The van der Waals surface area contributed by atoms with Gasteiger partial charge in [-0.25, -0.2) is 9.97 Å². The number of fused-ring (bicyclic) bond motifs is 1. The van der Waals surface area contributed by atoms with Crippen molar-refractivity contribution >= 4 is 11.6 Å². The number of aromatic nitrogens is 2. The summed E-state index contributed by atoms with van der Waals surface area (Å²) in [5.74, 6) is 1.06. The maximum atomic E-state index is 12.7. The SMILES string of the molecule is Cc1cc(CCN(C)CN2C(=O)C(C)Cc3ccccc32)nc(C)n1. The van der Waals surface area contributed by atoms with Crippen molar-refractivity contribution in [1.29, 1.82) is 0 Å². The van der Waals surface area contributed by atoms with E-state index in [9.17, 15) is 4.79 Å². The number of nitrogens with zero attached hydrogens (tertiary/aromatic N) is 4. The van der Waals surface area contributed by atoms with Gasteiger partial charge in [0.2, 0.25) is 5.91 Å². The fourth-order valence-corrected chi connectivity index (χ4v) is 3.43. The molecule has 5 nitrogen and oxygen atoms in total. The molecule has 0 radical (unpaired) electrons. The lowest BCUT2D eigenvalue weighted by molar-refractivity contribution is -0.122. The van der Waals surface area contributed by atoms with Crippen LogP contribution < -0.4 is 4.90 Å². The lowest BCUT2D eigenvalue weighted by atomic mass is 9.93. The normalized spacial score (nSPS) is 17.1. The Hall–Kier alpha value is -2.27. The molecule has 2 aromatic rings. The van der Waals surface area contributed by atoms with Gasteiger partial charge in [0.25, 0.3) is 0 Å². The summed E-state index contributed by atoms with van der Waals surface area (Å²) in [6, 6.07) is 10.2. The molecule has 0 spiro atoms. The molecule has 5 heteroatoms. The first-order valence-corrected chi connectivity index (χ1v) is 8.83. The molecule has 0 saturated carbocycles. The van der Waals surface area contributed by atoms with Gasteiger partial charge >= 0.3 is 0 Å². The maximum absolute atomic E-state index is 12.7. The third-order valence-electron chi connectivity index (χ3n) is 4.65. The average molecular weight is 338 g/mol. The molecule has 3 rings (SSSR count). The number of hydrogen-bond donors (Lipinski definition) is 0. The zero-order valence-electron chi connectivity index (χ0n) is 15.5. The predicted molar refractivity (Wildman–Crippen MR) is 99.5 cm³/mol.